The van der Waals surface area contributed by atoms with E-state index in [0.29, 0.717) is 6.42 Å². The van der Waals surface area contributed by atoms with Crippen LogP contribution in [-0.4, -0.2) is 73.7 Å². The number of ketones is 1. The van der Waals surface area contributed by atoms with Gasteiger partial charge >= 0.3 is 0 Å². The summed E-state index contributed by atoms with van der Waals surface area (Å²) in [7, 11) is 2.18. The number of aliphatic imine (C=N–C) groups is 1. The molecule has 0 aromatic heterocycles. The Balaban J connectivity index is 2.18. The number of benzene rings is 1. The van der Waals surface area contributed by atoms with Gasteiger partial charge in [-0.25, -0.2) is 0 Å². The highest BCUT2D eigenvalue weighted by Crippen LogP contribution is 2.32. The molecule has 5 heteroatoms. The number of likely N-dealkylation sites (N-methyl/N-ethyl adjacent to an activating group) is 1. The second kappa shape index (κ2) is 12.5. The first kappa shape index (κ1) is 26.5. The molecular formula is C27H46N4O. The Morgan fingerprint density at radius 2 is 1.81 bits per heavy atom. The highest BCUT2D eigenvalue weighted by molar-refractivity contribution is 6.10. The average Bonchev–Trinajstić information content (AvgIpc) is 2.73. The Labute approximate surface area is 196 Å². The number of unbranched alkanes of at least 4 members (excludes halogenated alkanes) is 1. The number of anilines is 1. The molecule has 5 nitrogen and oxygen atoms in total. The molecule has 180 valence electrons. The molecule has 0 radical (unpaired) electrons. The van der Waals surface area contributed by atoms with Crippen LogP contribution in [0.15, 0.2) is 23.2 Å². The summed E-state index contributed by atoms with van der Waals surface area (Å²) in [5.41, 5.74) is 3.81. The number of nitrogens with zero attached hydrogens (tertiary/aromatic N) is 3. The van der Waals surface area contributed by atoms with Crippen molar-refractivity contribution >= 4 is 17.2 Å². The van der Waals surface area contributed by atoms with Crippen molar-refractivity contribution in [2.45, 2.75) is 73.3 Å². The monoisotopic (exact) mass is 442 g/mol. The molecule has 0 unspecified atom stereocenters. The molecule has 1 aliphatic heterocycles. The van der Waals surface area contributed by atoms with Gasteiger partial charge in [-0.15, -0.1) is 0 Å². The lowest BCUT2D eigenvalue weighted by Crippen LogP contribution is -2.45. The molecule has 1 N–H and O–H groups in total. The molecule has 0 bridgehead atoms. The number of hydrogen-bond acceptors (Lipinski definition) is 5. The molecule has 0 aliphatic carbocycles. The van der Waals surface area contributed by atoms with Crippen LogP contribution in [0.4, 0.5) is 5.69 Å². The van der Waals surface area contributed by atoms with Crippen LogP contribution in [0.2, 0.25) is 0 Å². The number of nitrogens with one attached hydrogen (secondary N) is 1. The Bertz CT molecular complexity index is 761. The van der Waals surface area contributed by atoms with Gasteiger partial charge in [-0.1, -0.05) is 45.7 Å². The van der Waals surface area contributed by atoms with Gasteiger partial charge in [0.25, 0.3) is 0 Å². The van der Waals surface area contributed by atoms with E-state index in [9.17, 15) is 4.79 Å². The van der Waals surface area contributed by atoms with Gasteiger partial charge in [0.05, 0.1) is 12.2 Å². The van der Waals surface area contributed by atoms with Crippen molar-refractivity contribution in [2.24, 2.45) is 10.4 Å². The predicted octanol–water partition coefficient (Wildman–Crippen LogP) is 5.35. The topological polar surface area (TPSA) is 47.9 Å². The van der Waals surface area contributed by atoms with E-state index in [1.807, 2.05) is 12.1 Å². The second-order valence-corrected chi connectivity index (χ2v) is 10.5. The first-order valence-electron chi connectivity index (χ1n) is 12.5. The van der Waals surface area contributed by atoms with Crippen LogP contribution in [0.1, 0.15) is 83.1 Å². The Morgan fingerprint density at radius 1 is 1.16 bits per heavy atom. The van der Waals surface area contributed by atoms with Crippen molar-refractivity contribution in [2.75, 3.05) is 51.6 Å². The van der Waals surface area contributed by atoms with Crippen LogP contribution < -0.4 is 5.32 Å². The largest absolute Gasteiger partial charge is 0.382 e. The normalized spacial score (nSPS) is 16.6. The fraction of sp³-hybridized carbons (Fsp3) is 0.704. The first-order chi connectivity index (χ1) is 15.1. The lowest BCUT2D eigenvalue weighted by Gasteiger charge is -2.31. The smallest absolute Gasteiger partial charge is 0.165 e. The summed E-state index contributed by atoms with van der Waals surface area (Å²) in [5.74, 6) is 0.223. The third-order valence-electron chi connectivity index (χ3n) is 6.39. The zero-order valence-electron chi connectivity index (χ0n) is 21.6. The van der Waals surface area contributed by atoms with Crippen LogP contribution in [0.25, 0.3) is 0 Å². The average molecular weight is 443 g/mol. The number of para-hydroxylation sites is 1. The molecule has 1 heterocycles. The lowest BCUT2D eigenvalue weighted by atomic mass is 9.80. The number of hydrogen-bond donors (Lipinski definition) is 1. The van der Waals surface area contributed by atoms with E-state index >= 15 is 0 Å². The van der Waals surface area contributed by atoms with Gasteiger partial charge in [-0.3, -0.25) is 14.7 Å². The van der Waals surface area contributed by atoms with E-state index in [4.69, 9.17) is 4.99 Å². The van der Waals surface area contributed by atoms with Gasteiger partial charge in [-0.05, 0) is 45.7 Å². The van der Waals surface area contributed by atoms with Gasteiger partial charge in [-0.2, -0.15) is 0 Å². The highest BCUT2D eigenvalue weighted by atomic mass is 16.1. The molecule has 1 aliphatic rings. The van der Waals surface area contributed by atoms with E-state index in [2.05, 4.69) is 69.8 Å². The quantitative estimate of drug-likeness (QED) is 0.350. The number of Topliss-reactive ketones (excluding diaryl/α,β-unsaturated/α-hetero) is 1. The Hall–Kier alpha value is -1.72. The minimum absolute atomic E-state index is 0.0177. The van der Waals surface area contributed by atoms with Crippen molar-refractivity contribution in [3.63, 3.8) is 0 Å². The molecule has 1 aromatic rings. The summed E-state index contributed by atoms with van der Waals surface area (Å²) in [6.45, 7) is 19.2. The maximum Gasteiger partial charge on any atom is 0.165 e. The summed E-state index contributed by atoms with van der Waals surface area (Å²) in [4.78, 5) is 23.1. The maximum atomic E-state index is 13.4. The lowest BCUT2D eigenvalue weighted by molar-refractivity contribution is 0.0925. The summed E-state index contributed by atoms with van der Waals surface area (Å²) >= 11 is 0. The van der Waals surface area contributed by atoms with E-state index in [0.717, 1.165) is 81.1 Å². The van der Waals surface area contributed by atoms with Crippen molar-refractivity contribution in [1.82, 2.24) is 9.80 Å². The minimum Gasteiger partial charge on any atom is -0.382 e. The van der Waals surface area contributed by atoms with E-state index < -0.39 is 0 Å². The molecule has 1 fully saturated rings. The van der Waals surface area contributed by atoms with Gasteiger partial charge in [0.2, 0.25) is 0 Å². The summed E-state index contributed by atoms with van der Waals surface area (Å²) in [6, 6.07) is 6.32. The molecule has 1 saturated heterocycles. The molecule has 0 amide bonds. The van der Waals surface area contributed by atoms with Gasteiger partial charge in [0.15, 0.2) is 5.78 Å². The summed E-state index contributed by atoms with van der Waals surface area (Å²) in [6.07, 6.45) is 3.98. The van der Waals surface area contributed by atoms with E-state index in [1.54, 1.807) is 0 Å². The molecule has 0 saturated carbocycles. The third kappa shape index (κ3) is 8.32. The van der Waals surface area contributed by atoms with E-state index in [1.165, 1.54) is 0 Å². The number of carbonyl (C=O) groups is 1. The van der Waals surface area contributed by atoms with Crippen molar-refractivity contribution < 1.29 is 4.79 Å². The maximum absolute atomic E-state index is 13.4. The third-order valence-corrected chi connectivity index (χ3v) is 6.39. The first-order valence-corrected chi connectivity index (χ1v) is 12.5. The number of piperazine rings is 1. The van der Waals surface area contributed by atoms with Crippen LogP contribution in [0, 0.1) is 5.41 Å². The molecule has 2 rings (SSSR count). The molecule has 0 spiro atoms. The number of rotatable bonds is 12. The van der Waals surface area contributed by atoms with Gasteiger partial charge in [0.1, 0.15) is 0 Å². The molecular weight excluding hydrogens is 396 g/mol. The highest BCUT2D eigenvalue weighted by Gasteiger charge is 2.25. The predicted molar refractivity (Wildman–Crippen MR) is 138 cm³/mol. The van der Waals surface area contributed by atoms with E-state index in [-0.39, 0.29) is 17.2 Å². The van der Waals surface area contributed by atoms with Crippen LogP contribution in [-0.2, 0) is 0 Å². The SMILES string of the molecule is CCCCC(C)(C)CC(=O)c1cccc(C(C)=NCCN2CCN(C)CC2)c1NC(C)C. The van der Waals surface area contributed by atoms with Crippen LogP contribution >= 0.6 is 0 Å². The molecule has 0 atom stereocenters. The van der Waals surface area contributed by atoms with Gasteiger partial charge in [0, 0.05) is 62.0 Å². The standard InChI is InChI=1S/C27H46N4O/c1-8-9-13-27(5,6)20-25(32)24-12-10-11-23(26(24)29-21(2)3)22(4)28-14-15-31-18-16-30(7)17-19-31/h10-12,21,29H,8-9,13-20H2,1-7H3. The molecule has 32 heavy (non-hydrogen) atoms. The minimum atomic E-state index is 0.0177. The molecule has 1 aromatic carbocycles. The van der Waals surface area contributed by atoms with Crippen LogP contribution in [0.5, 0.6) is 0 Å². The van der Waals surface area contributed by atoms with Crippen molar-refractivity contribution in [3.8, 4) is 0 Å². The van der Waals surface area contributed by atoms with Crippen molar-refractivity contribution in [1.29, 1.82) is 0 Å². The summed E-state index contributed by atoms with van der Waals surface area (Å²) in [5, 5.41) is 3.56. The second-order valence-electron chi connectivity index (χ2n) is 10.5. The van der Waals surface area contributed by atoms with Crippen LogP contribution in [0.3, 0.4) is 0 Å². The number of carbonyl (C=O) groups excluding carboxylic acids is 1. The summed E-state index contributed by atoms with van der Waals surface area (Å²) < 4.78 is 0. The zero-order valence-corrected chi connectivity index (χ0v) is 21.6. The zero-order chi connectivity index (χ0) is 23.7. The fourth-order valence-corrected chi connectivity index (χ4v) is 4.32. The van der Waals surface area contributed by atoms with Crippen molar-refractivity contribution in [3.05, 3.63) is 29.3 Å². The Kier molecular flexibility index (Phi) is 10.4. The Morgan fingerprint density at radius 3 is 2.44 bits per heavy atom. The van der Waals surface area contributed by atoms with Gasteiger partial charge < -0.3 is 10.2 Å². The fourth-order valence-electron chi connectivity index (χ4n) is 4.32.